The van der Waals surface area contributed by atoms with Crippen molar-refractivity contribution in [3.8, 4) is 11.5 Å². The van der Waals surface area contributed by atoms with E-state index < -0.39 is 11.8 Å². The normalized spacial score (nSPS) is 14.0. The Kier molecular flexibility index (Phi) is 4.76. The van der Waals surface area contributed by atoms with Gasteiger partial charge >= 0.3 is 11.8 Å². The van der Waals surface area contributed by atoms with Gasteiger partial charge in [0.05, 0.1) is 12.8 Å². The average Bonchev–Trinajstić information content (AvgIpc) is 3.26. The van der Waals surface area contributed by atoms with Gasteiger partial charge in [-0.15, -0.1) is 0 Å². The Labute approximate surface area is 122 Å². The Morgan fingerprint density at radius 2 is 2.19 bits per heavy atom. The fraction of sp³-hybridized carbons (Fsp3) is 0.357. The predicted molar refractivity (Wildman–Crippen MR) is 76.2 cm³/mol. The molecule has 0 spiro atoms. The van der Waals surface area contributed by atoms with Crippen LogP contribution in [0.4, 0.5) is 0 Å². The zero-order chi connectivity index (χ0) is 15.2. The van der Waals surface area contributed by atoms with Crippen LogP contribution in [0.1, 0.15) is 25.3 Å². The highest BCUT2D eigenvalue weighted by atomic mass is 16.5. The Balaban J connectivity index is 1.89. The second-order valence-corrected chi connectivity index (χ2v) is 4.61. The molecule has 1 saturated carbocycles. The van der Waals surface area contributed by atoms with E-state index in [0.717, 1.165) is 12.8 Å². The molecule has 0 aromatic heterocycles. The van der Waals surface area contributed by atoms with E-state index in [-0.39, 0.29) is 11.8 Å². The quantitative estimate of drug-likeness (QED) is 0.418. The molecule has 7 nitrogen and oxygen atoms in total. The number of benzene rings is 1. The molecule has 0 unspecified atom stereocenters. The minimum atomic E-state index is -0.804. The predicted octanol–water partition coefficient (Wildman–Crippen LogP) is 0.520. The first kappa shape index (κ1) is 14.8. The van der Waals surface area contributed by atoms with Gasteiger partial charge in [-0.25, -0.2) is 5.43 Å². The van der Waals surface area contributed by atoms with E-state index in [1.165, 1.54) is 12.3 Å². The van der Waals surface area contributed by atoms with Crippen molar-refractivity contribution >= 4 is 18.0 Å². The van der Waals surface area contributed by atoms with Gasteiger partial charge in [0.25, 0.3) is 0 Å². The van der Waals surface area contributed by atoms with E-state index in [1.54, 1.807) is 19.1 Å². The first-order chi connectivity index (χ1) is 10.1. The van der Waals surface area contributed by atoms with Crippen molar-refractivity contribution in [3.05, 3.63) is 23.8 Å². The first-order valence-corrected chi connectivity index (χ1v) is 6.70. The number of amides is 2. The third-order valence-electron chi connectivity index (χ3n) is 2.78. The summed E-state index contributed by atoms with van der Waals surface area (Å²) in [4.78, 5) is 22.8. The Hall–Kier alpha value is -2.57. The second kappa shape index (κ2) is 6.74. The molecule has 1 fully saturated rings. The zero-order valence-electron chi connectivity index (χ0n) is 11.6. The summed E-state index contributed by atoms with van der Waals surface area (Å²) < 4.78 is 5.23. The van der Waals surface area contributed by atoms with Crippen LogP contribution in [0.25, 0.3) is 0 Å². The lowest BCUT2D eigenvalue weighted by atomic mass is 10.2. The van der Waals surface area contributed by atoms with E-state index >= 15 is 0 Å². The number of carbonyl (C=O) groups excluding carboxylic acids is 2. The molecule has 0 bridgehead atoms. The smallest absolute Gasteiger partial charge is 0.329 e. The number of rotatable bonds is 5. The van der Waals surface area contributed by atoms with Crippen LogP contribution in [-0.4, -0.2) is 35.8 Å². The number of hydrogen-bond acceptors (Lipinski definition) is 5. The van der Waals surface area contributed by atoms with Gasteiger partial charge in [-0.3, -0.25) is 9.59 Å². The van der Waals surface area contributed by atoms with Crippen LogP contribution in [0.2, 0.25) is 0 Å². The van der Waals surface area contributed by atoms with Crippen molar-refractivity contribution in [2.45, 2.75) is 25.8 Å². The van der Waals surface area contributed by atoms with Crippen molar-refractivity contribution in [1.82, 2.24) is 10.7 Å². The lowest BCUT2D eigenvalue weighted by molar-refractivity contribution is -0.139. The molecule has 7 heteroatoms. The van der Waals surface area contributed by atoms with E-state index in [2.05, 4.69) is 15.8 Å². The highest BCUT2D eigenvalue weighted by Crippen LogP contribution is 2.26. The van der Waals surface area contributed by atoms with Gasteiger partial charge in [0, 0.05) is 6.04 Å². The molecule has 1 aromatic rings. The third kappa shape index (κ3) is 4.48. The van der Waals surface area contributed by atoms with Gasteiger partial charge in [0.2, 0.25) is 0 Å². The van der Waals surface area contributed by atoms with Crippen molar-refractivity contribution in [2.75, 3.05) is 6.61 Å². The van der Waals surface area contributed by atoms with Crippen molar-refractivity contribution in [2.24, 2.45) is 5.10 Å². The summed E-state index contributed by atoms with van der Waals surface area (Å²) in [6.07, 6.45) is 3.19. The molecule has 0 aliphatic heterocycles. The molecule has 21 heavy (non-hydrogen) atoms. The summed E-state index contributed by atoms with van der Waals surface area (Å²) in [7, 11) is 0. The highest BCUT2D eigenvalue weighted by Gasteiger charge is 2.26. The summed E-state index contributed by atoms with van der Waals surface area (Å²) in [6, 6.07) is 4.78. The maximum absolute atomic E-state index is 11.4. The van der Waals surface area contributed by atoms with Crippen LogP contribution < -0.4 is 15.5 Å². The third-order valence-corrected chi connectivity index (χ3v) is 2.78. The summed E-state index contributed by atoms with van der Waals surface area (Å²) in [6.45, 7) is 2.23. The first-order valence-electron chi connectivity index (χ1n) is 6.70. The fourth-order valence-electron chi connectivity index (χ4n) is 1.58. The largest absolute Gasteiger partial charge is 0.504 e. The highest BCUT2D eigenvalue weighted by molar-refractivity contribution is 6.35. The molecule has 0 saturated heterocycles. The number of hydrogen-bond donors (Lipinski definition) is 3. The molecule has 1 aliphatic carbocycles. The van der Waals surface area contributed by atoms with E-state index in [9.17, 15) is 14.7 Å². The standard InChI is InChI=1S/C14H17N3O4/c1-2-21-12-7-9(3-6-11(12)18)8-15-17-14(20)13(19)16-10-4-5-10/h3,6-8,10,18H,2,4-5H2,1H3,(H,16,19)(H,17,20)/b15-8+. The number of nitrogens with zero attached hydrogens (tertiary/aromatic N) is 1. The SMILES string of the molecule is CCOc1cc(/C=N/NC(=O)C(=O)NC2CC2)ccc1O. The topological polar surface area (TPSA) is 100 Å². The van der Waals surface area contributed by atoms with Crippen molar-refractivity contribution in [1.29, 1.82) is 0 Å². The van der Waals surface area contributed by atoms with Gasteiger partial charge in [0.15, 0.2) is 11.5 Å². The lowest BCUT2D eigenvalue weighted by Gasteiger charge is -2.06. The summed E-state index contributed by atoms with van der Waals surface area (Å²) in [5.41, 5.74) is 2.77. The molecule has 2 amide bonds. The van der Waals surface area contributed by atoms with Gasteiger partial charge in [-0.05, 0) is 43.5 Å². The number of nitrogens with one attached hydrogen (secondary N) is 2. The van der Waals surface area contributed by atoms with Crippen LogP contribution in [0.5, 0.6) is 11.5 Å². The molecule has 0 atom stereocenters. The summed E-state index contributed by atoms with van der Waals surface area (Å²) in [5.74, 6) is -1.13. The fourth-order valence-corrected chi connectivity index (χ4v) is 1.58. The van der Waals surface area contributed by atoms with Crippen molar-refractivity contribution < 1.29 is 19.4 Å². The van der Waals surface area contributed by atoms with Gasteiger partial charge < -0.3 is 15.2 Å². The maximum atomic E-state index is 11.4. The number of hydrazone groups is 1. The Morgan fingerprint density at radius 3 is 2.86 bits per heavy atom. The lowest BCUT2D eigenvalue weighted by Crippen LogP contribution is -2.38. The molecular weight excluding hydrogens is 274 g/mol. The number of phenols is 1. The van der Waals surface area contributed by atoms with Crippen molar-refractivity contribution in [3.63, 3.8) is 0 Å². The Bertz CT molecular complexity index is 567. The van der Waals surface area contributed by atoms with Gasteiger partial charge in [-0.2, -0.15) is 5.10 Å². The minimum Gasteiger partial charge on any atom is -0.504 e. The molecule has 2 rings (SSSR count). The number of aromatic hydroxyl groups is 1. The average molecular weight is 291 g/mol. The zero-order valence-corrected chi connectivity index (χ0v) is 11.6. The molecule has 3 N–H and O–H groups in total. The molecule has 1 aromatic carbocycles. The number of ether oxygens (including phenoxy) is 1. The van der Waals surface area contributed by atoms with Crippen LogP contribution in [0, 0.1) is 0 Å². The maximum Gasteiger partial charge on any atom is 0.329 e. The Morgan fingerprint density at radius 1 is 1.43 bits per heavy atom. The summed E-state index contributed by atoms with van der Waals surface area (Å²) >= 11 is 0. The van der Waals surface area contributed by atoms with E-state index in [0.29, 0.717) is 17.9 Å². The minimum absolute atomic E-state index is 0.0295. The molecular formula is C14H17N3O4. The molecule has 0 radical (unpaired) electrons. The molecule has 112 valence electrons. The second-order valence-electron chi connectivity index (χ2n) is 4.61. The molecule has 1 aliphatic rings. The monoisotopic (exact) mass is 291 g/mol. The van der Waals surface area contributed by atoms with Crippen LogP contribution in [0.15, 0.2) is 23.3 Å². The van der Waals surface area contributed by atoms with Crippen LogP contribution in [0.3, 0.4) is 0 Å². The number of carbonyl (C=O) groups is 2. The van der Waals surface area contributed by atoms with Gasteiger partial charge in [0.1, 0.15) is 0 Å². The van der Waals surface area contributed by atoms with E-state index in [4.69, 9.17) is 4.74 Å². The van der Waals surface area contributed by atoms with Gasteiger partial charge in [-0.1, -0.05) is 0 Å². The molecule has 0 heterocycles. The number of phenolic OH excluding ortho intramolecular Hbond substituents is 1. The van der Waals surface area contributed by atoms with Crippen LogP contribution in [-0.2, 0) is 9.59 Å². The summed E-state index contributed by atoms with van der Waals surface area (Å²) in [5, 5.41) is 15.8. The van der Waals surface area contributed by atoms with E-state index in [1.807, 2.05) is 0 Å². The van der Waals surface area contributed by atoms with Crippen LogP contribution >= 0.6 is 0 Å².